The summed E-state index contributed by atoms with van der Waals surface area (Å²) in [5.74, 6) is -3.38. The van der Waals surface area contributed by atoms with E-state index in [1.807, 2.05) is 6.55 Å². The summed E-state index contributed by atoms with van der Waals surface area (Å²) < 4.78 is 0. The maximum Gasteiger partial charge on any atom is 0.321 e. The molecule has 3 atom stereocenters. The number of carbonyl (C=O) groups is 3. The average Bonchev–Trinajstić information content (AvgIpc) is 2.77. The molecule has 1 aliphatic rings. The van der Waals surface area contributed by atoms with E-state index in [0.29, 0.717) is 13.0 Å². The fraction of sp³-hybridized carbons (Fsp3) is 0.700. The van der Waals surface area contributed by atoms with Gasteiger partial charge >= 0.3 is 17.9 Å². The third kappa shape index (κ3) is 13.2. The fourth-order valence-electron chi connectivity index (χ4n) is 1.18. The molecule has 21 heavy (non-hydrogen) atoms. The van der Waals surface area contributed by atoms with E-state index in [1.165, 1.54) is 0 Å². The fourth-order valence-corrected chi connectivity index (χ4v) is 1.18. The van der Waals surface area contributed by atoms with E-state index >= 15 is 0 Å². The highest BCUT2D eigenvalue weighted by Gasteiger charge is 2.27. The number of hydrogen-bond acceptors (Lipinski definition) is 7. The van der Waals surface area contributed by atoms with Gasteiger partial charge in [-0.2, -0.15) is 0 Å². The van der Waals surface area contributed by atoms with Crippen LogP contribution in [0.25, 0.3) is 0 Å². The van der Waals surface area contributed by atoms with Crippen LogP contribution in [0.15, 0.2) is 0 Å². The Balaban J connectivity index is 0. The predicted octanol–water partition coefficient (Wildman–Crippen LogP) is -3.22. The summed E-state index contributed by atoms with van der Waals surface area (Å²) in [6.07, 6.45) is -0.684. The van der Waals surface area contributed by atoms with Crippen LogP contribution in [-0.4, -0.2) is 77.6 Å². The third-order valence-corrected chi connectivity index (χ3v) is 2.12. The van der Waals surface area contributed by atoms with Gasteiger partial charge in [0.15, 0.2) is 9.76 Å². The van der Waals surface area contributed by atoms with Crippen LogP contribution in [-0.2, 0) is 14.4 Å². The summed E-state index contributed by atoms with van der Waals surface area (Å²) in [7, 11) is -0.583. The van der Waals surface area contributed by atoms with Crippen LogP contribution in [0.5, 0.6) is 0 Å². The topological polar surface area (TPSA) is 190 Å². The zero-order valence-electron chi connectivity index (χ0n) is 11.6. The highest BCUT2D eigenvalue weighted by molar-refractivity contribution is 6.22. The Kier molecular flexibility index (Phi) is 12.7. The zero-order valence-corrected chi connectivity index (χ0v) is 13.0. The number of rotatable bonds is 4. The molecule has 1 saturated heterocycles. The van der Waals surface area contributed by atoms with Gasteiger partial charge in [0.05, 0.1) is 12.5 Å². The standard InChI is InChI=1S/C5H9NO3.C4H7NO4.CH6OSi/c7-3-1-4(5(8)9)6-2-3;5-2(4(8)9)1-3(6)7;1-3-2/h3-4,6-7H,1-2H2,(H,8,9);2H,1,5H2,(H,6,7)(H,8,9);2H,3H2,1H3/t3-,4+;;/m1../s1. The average molecular weight is 326 g/mol. The lowest BCUT2D eigenvalue weighted by atomic mass is 10.2. The van der Waals surface area contributed by atoms with Crippen LogP contribution in [0.1, 0.15) is 12.8 Å². The van der Waals surface area contributed by atoms with Crippen molar-refractivity contribution < 1.29 is 39.6 Å². The van der Waals surface area contributed by atoms with Gasteiger partial charge < -0.3 is 36.3 Å². The van der Waals surface area contributed by atoms with Crippen molar-refractivity contribution in [2.45, 2.75) is 37.6 Å². The first-order valence-electron chi connectivity index (χ1n) is 6.10. The van der Waals surface area contributed by atoms with Crippen molar-refractivity contribution in [2.75, 3.05) is 6.54 Å². The van der Waals surface area contributed by atoms with E-state index in [9.17, 15) is 14.4 Å². The Morgan fingerprint density at radius 1 is 1.33 bits per heavy atom. The van der Waals surface area contributed by atoms with Crippen LogP contribution in [0.3, 0.4) is 0 Å². The van der Waals surface area contributed by atoms with Crippen LogP contribution in [0, 0.1) is 0 Å². The first-order valence-corrected chi connectivity index (χ1v) is 8.15. The SMILES string of the molecule is C[SiH2]O.NC(CC(=O)O)C(=O)O.O=C(O)[C@@H]1C[C@@H](O)CN1. The molecule has 0 bridgehead atoms. The van der Waals surface area contributed by atoms with Gasteiger partial charge in [-0.25, -0.2) is 0 Å². The van der Waals surface area contributed by atoms with Crippen LogP contribution >= 0.6 is 0 Å². The summed E-state index contributed by atoms with van der Waals surface area (Å²) >= 11 is 0. The number of hydrogen-bond donors (Lipinski definition) is 7. The Labute approximate surface area is 123 Å². The second kappa shape index (κ2) is 12.2. The second-order valence-corrected chi connectivity index (χ2v) is 4.68. The van der Waals surface area contributed by atoms with Crippen LogP contribution in [0.2, 0.25) is 6.55 Å². The summed E-state index contributed by atoms with van der Waals surface area (Å²) in [5.41, 5.74) is 4.84. The highest BCUT2D eigenvalue weighted by Crippen LogP contribution is 2.05. The molecule has 1 fully saturated rings. The number of aliphatic hydroxyl groups is 1. The van der Waals surface area contributed by atoms with E-state index in [2.05, 4.69) is 5.32 Å². The minimum absolute atomic E-state index is 0.329. The van der Waals surface area contributed by atoms with Gasteiger partial charge in [0.1, 0.15) is 12.1 Å². The van der Waals surface area contributed by atoms with Crippen molar-refractivity contribution in [3.8, 4) is 0 Å². The lowest BCUT2D eigenvalue weighted by Gasteiger charge is -1.99. The molecule has 0 saturated carbocycles. The second-order valence-electron chi connectivity index (χ2n) is 4.05. The smallest absolute Gasteiger partial charge is 0.321 e. The van der Waals surface area contributed by atoms with Gasteiger partial charge in [0.2, 0.25) is 0 Å². The molecule has 1 aliphatic heterocycles. The molecular weight excluding hydrogens is 304 g/mol. The van der Waals surface area contributed by atoms with Crippen LogP contribution in [0.4, 0.5) is 0 Å². The van der Waals surface area contributed by atoms with Crippen molar-refractivity contribution in [1.82, 2.24) is 5.32 Å². The van der Waals surface area contributed by atoms with Crippen molar-refractivity contribution in [1.29, 1.82) is 0 Å². The van der Waals surface area contributed by atoms with E-state index in [1.54, 1.807) is 0 Å². The molecule has 10 nitrogen and oxygen atoms in total. The molecule has 8 N–H and O–H groups in total. The third-order valence-electron chi connectivity index (χ3n) is 2.12. The van der Waals surface area contributed by atoms with Crippen LogP contribution < -0.4 is 11.1 Å². The van der Waals surface area contributed by atoms with Gasteiger partial charge in [-0.3, -0.25) is 14.4 Å². The molecule has 0 aromatic carbocycles. The van der Waals surface area contributed by atoms with E-state index in [4.69, 9.17) is 31.0 Å². The maximum atomic E-state index is 10.2. The maximum absolute atomic E-state index is 10.2. The minimum Gasteiger partial charge on any atom is -0.481 e. The summed E-state index contributed by atoms with van der Waals surface area (Å²) in [5, 5.41) is 35.9. The molecule has 1 heterocycles. The Morgan fingerprint density at radius 2 is 1.81 bits per heavy atom. The Hall–Kier alpha value is -1.53. The lowest BCUT2D eigenvalue weighted by Crippen LogP contribution is -2.32. The number of nitrogens with two attached hydrogens (primary N) is 1. The predicted molar refractivity (Wildman–Crippen MR) is 74.5 cm³/mol. The molecule has 1 rings (SSSR count). The molecule has 0 spiro atoms. The van der Waals surface area contributed by atoms with E-state index < -0.39 is 52.3 Å². The first-order chi connectivity index (χ1) is 9.65. The summed E-state index contributed by atoms with van der Waals surface area (Å²) in [4.78, 5) is 37.5. The molecule has 0 radical (unpaired) electrons. The van der Waals surface area contributed by atoms with Crippen molar-refractivity contribution in [3.05, 3.63) is 0 Å². The first kappa shape index (κ1) is 21.8. The number of aliphatic carboxylic acids is 3. The molecule has 1 unspecified atom stereocenters. The number of nitrogens with one attached hydrogen (secondary N) is 1. The number of carboxylic acids is 3. The van der Waals surface area contributed by atoms with Gasteiger partial charge in [-0.15, -0.1) is 0 Å². The molecule has 0 aromatic rings. The van der Waals surface area contributed by atoms with Crippen molar-refractivity contribution in [3.63, 3.8) is 0 Å². The quantitative estimate of drug-likeness (QED) is 0.258. The molecule has 0 amide bonds. The molecular formula is C10H22N2O8Si. The van der Waals surface area contributed by atoms with Gasteiger partial charge in [-0.1, -0.05) is 6.55 Å². The largest absolute Gasteiger partial charge is 0.481 e. The molecule has 0 aromatic heterocycles. The lowest BCUT2D eigenvalue weighted by molar-refractivity contribution is -0.144. The monoisotopic (exact) mass is 326 g/mol. The Morgan fingerprint density at radius 3 is 1.95 bits per heavy atom. The number of aliphatic hydroxyl groups excluding tert-OH is 1. The van der Waals surface area contributed by atoms with Gasteiger partial charge in [-0.05, 0) is 0 Å². The van der Waals surface area contributed by atoms with Crippen molar-refractivity contribution in [2.24, 2.45) is 5.73 Å². The Bertz CT molecular complexity index is 341. The van der Waals surface area contributed by atoms with Crippen molar-refractivity contribution >= 4 is 27.7 Å². The molecule has 11 heteroatoms. The number of carboxylic acid groups (broad SMARTS) is 3. The summed E-state index contributed by atoms with van der Waals surface area (Å²) in [6.45, 7) is 2.22. The highest BCUT2D eigenvalue weighted by atomic mass is 28.2. The minimum atomic E-state index is -1.29. The molecule has 0 aliphatic carbocycles. The van der Waals surface area contributed by atoms with E-state index in [0.717, 1.165) is 0 Å². The normalized spacial score (nSPS) is 21.7. The van der Waals surface area contributed by atoms with Gasteiger partial charge in [0.25, 0.3) is 0 Å². The summed E-state index contributed by atoms with van der Waals surface area (Å²) in [6, 6.07) is -1.83. The van der Waals surface area contributed by atoms with Gasteiger partial charge in [0, 0.05) is 13.0 Å². The zero-order chi connectivity index (χ0) is 17.0. The van der Waals surface area contributed by atoms with E-state index in [-0.39, 0.29) is 0 Å². The number of β-amino-alcohol motifs (C(OH)–C–C–N with tert-alkyl or cyclic N) is 1. The molecule has 124 valence electrons.